The summed E-state index contributed by atoms with van der Waals surface area (Å²) in [6.45, 7) is 2.10. The van der Waals surface area contributed by atoms with Crippen LogP contribution in [-0.4, -0.2) is 17.6 Å². The summed E-state index contributed by atoms with van der Waals surface area (Å²) in [6, 6.07) is 13.9. The summed E-state index contributed by atoms with van der Waals surface area (Å²) in [6.07, 6.45) is 2.52. The van der Waals surface area contributed by atoms with E-state index in [-0.39, 0.29) is 5.91 Å². The third kappa shape index (κ3) is 2.29. The molecular formula is C18H19NO2. The average Bonchev–Trinajstić information content (AvgIpc) is 2.86. The predicted octanol–water partition coefficient (Wildman–Crippen LogP) is 4.63. The number of rotatable bonds is 4. The van der Waals surface area contributed by atoms with Crippen molar-refractivity contribution in [1.29, 1.82) is 0 Å². The molecule has 0 radical (unpaired) electrons. The Morgan fingerprint density at radius 2 is 1.86 bits per heavy atom. The zero-order valence-corrected chi connectivity index (χ0v) is 12.4. The third-order valence-corrected chi connectivity index (χ3v) is 3.87. The van der Waals surface area contributed by atoms with Gasteiger partial charge in [0.2, 0.25) is 5.91 Å². The molecular weight excluding hydrogens is 262 g/mol. The van der Waals surface area contributed by atoms with Crippen molar-refractivity contribution in [3.8, 4) is 5.75 Å². The maximum absolute atomic E-state index is 12.6. The van der Waals surface area contributed by atoms with Gasteiger partial charge >= 0.3 is 0 Å². The van der Waals surface area contributed by atoms with E-state index in [4.69, 9.17) is 4.74 Å². The molecule has 2 aromatic carbocycles. The zero-order valence-electron chi connectivity index (χ0n) is 12.4. The molecule has 3 heteroatoms. The van der Waals surface area contributed by atoms with Crippen molar-refractivity contribution in [1.82, 2.24) is 4.57 Å². The van der Waals surface area contributed by atoms with Crippen LogP contribution in [0.2, 0.25) is 0 Å². The number of methoxy groups -OCH3 is 1. The molecule has 3 nitrogen and oxygen atoms in total. The van der Waals surface area contributed by atoms with Crippen LogP contribution >= 0.6 is 0 Å². The number of unbranched alkanes of at least 4 members (excludes halogenated alkanes) is 1. The molecule has 1 aromatic heterocycles. The van der Waals surface area contributed by atoms with Gasteiger partial charge in [0.05, 0.1) is 18.1 Å². The standard InChI is InChI=1S/C18H19NO2/c1-3-4-9-18(20)19-16-8-6-5-7-14(16)15-12-13(21-2)10-11-17(15)19/h5-8,10-12H,3-4,9H2,1-2H3. The lowest BCUT2D eigenvalue weighted by atomic mass is 10.1. The van der Waals surface area contributed by atoms with Gasteiger partial charge in [-0.05, 0) is 30.7 Å². The molecule has 0 saturated carbocycles. The Hall–Kier alpha value is -2.29. The second-order valence-electron chi connectivity index (χ2n) is 5.23. The van der Waals surface area contributed by atoms with Crippen LogP contribution < -0.4 is 4.74 Å². The molecule has 3 rings (SSSR count). The summed E-state index contributed by atoms with van der Waals surface area (Å²) in [5.41, 5.74) is 1.93. The van der Waals surface area contributed by atoms with Gasteiger partial charge in [0.1, 0.15) is 5.75 Å². The lowest BCUT2D eigenvalue weighted by Gasteiger charge is -2.06. The first-order chi connectivity index (χ1) is 10.3. The molecule has 108 valence electrons. The number of nitrogens with zero attached hydrogens (tertiary/aromatic N) is 1. The molecule has 0 bridgehead atoms. The molecule has 3 aromatic rings. The fourth-order valence-corrected chi connectivity index (χ4v) is 2.79. The summed E-state index contributed by atoms with van der Waals surface area (Å²) >= 11 is 0. The SMILES string of the molecule is CCCCC(=O)n1c2ccccc2c2cc(OC)ccc21. The van der Waals surface area contributed by atoms with Crippen molar-refractivity contribution in [3.63, 3.8) is 0 Å². The van der Waals surface area contributed by atoms with Crippen molar-refractivity contribution in [3.05, 3.63) is 42.5 Å². The van der Waals surface area contributed by atoms with Gasteiger partial charge in [0, 0.05) is 17.2 Å². The second-order valence-corrected chi connectivity index (χ2v) is 5.23. The van der Waals surface area contributed by atoms with Crippen LogP contribution in [0.1, 0.15) is 31.0 Å². The van der Waals surface area contributed by atoms with Crippen molar-refractivity contribution < 1.29 is 9.53 Å². The third-order valence-electron chi connectivity index (χ3n) is 3.87. The Morgan fingerprint density at radius 3 is 2.62 bits per heavy atom. The summed E-state index contributed by atoms with van der Waals surface area (Å²) in [4.78, 5) is 12.6. The van der Waals surface area contributed by atoms with E-state index in [0.717, 1.165) is 40.4 Å². The highest BCUT2D eigenvalue weighted by Crippen LogP contribution is 2.31. The quantitative estimate of drug-likeness (QED) is 0.698. The first-order valence-electron chi connectivity index (χ1n) is 7.36. The monoisotopic (exact) mass is 281 g/mol. The maximum atomic E-state index is 12.6. The van der Waals surface area contributed by atoms with Crippen molar-refractivity contribution in [2.24, 2.45) is 0 Å². The van der Waals surface area contributed by atoms with E-state index in [9.17, 15) is 4.79 Å². The van der Waals surface area contributed by atoms with Crippen LogP contribution in [0.5, 0.6) is 5.75 Å². The van der Waals surface area contributed by atoms with Crippen LogP contribution in [0.15, 0.2) is 42.5 Å². The van der Waals surface area contributed by atoms with Crippen molar-refractivity contribution >= 4 is 27.7 Å². The zero-order chi connectivity index (χ0) is 14.8. The minimum absolute atomic E-state index is 0.160. The first kappa shape index (κ1) is 13.7. The smallest absolute Gasteiger partial charge is 0.231 e. The van der Waals surface area contributed by atoms with E-state index in [2.05, 4.69) is 13.0 Å². The number of ether oxygens (including phenoxy) is 1. The lowest BCUT2D eigenvalue weighted by Crippen LogP contribution is -2.09. The van der Waals surface area contributed by atoms with E-state index in [0.29, 0.717) is 6.42 Å². The van der Waals surface area contributed by atoms with Gasteiger partial charge in [0.25, 0.3) is 0 Å². The molecule has 0 N–H and O–H groups in total. The average molecular weight is 281 g/mol. The molecule has 0 unspecified atom stereocenters. The molecule has 0 amide bonds. The van der Waals surface area contributed by atoms with Crippen LogP contribution in [0, 0.1) is 0 Å². The fraction of sp³-hybridized carbons (Fsp3) is 0.278. The highest BCUT2D eigenvalue weighted by molar-refractivity contribution is 6.13. The number of aromatic nitrogens is 1. The summed E-state index contributed by atoms with van der Waals surface area (Å²) < 4.78 is 7.16. The van der Waals surface area contributed by atoms with Gasteiger partial charge < -0.3 is 4.74 Å². The van der Waals surface area contributed by atoms with Gasteiger partial charge in [-0.1, -0.05) is 31.5 Å². The number of benzene rings is 2. The van der Waals surface area contributed by atoms with Gasteiger partial charge in [0.15, 0.2) is 0 Å². The Kier molecular flexibility index (Phi) is 3.65. The molecule has 0 spiro atoms. The number of fused-ring (bicyclic) bond motifs is 3. The predicted molar refractivity (Wildman–Crippen MR) is 86.1 cm³/mol. The highest BCUT2D eigenvalue weighted by Gasteiger charge is 2.15. The molecule has 0 aliphatic rings. The topological polar surface area (TPSA) is 31.2 Å². The second kappa shape index (κ2) is 5.60. The van der Waals surface area contributed by atoms with E-state index in [1.807, 2.05) is 41.0 Å². The normalized spacial score (nSPS) is 11.1. The van der Waals surface area contributed by atoms with E-state index in [1.54, 1.807) is 7.11 Å². The summed E-state index contributed by atoms with van der Waals surface area (Å²) in [5.74, 6) is 0.972. The summed E-state index contributed by atoms with van der Waals surface area (Å²) in [5, 5.41) is 2.16. The molecule has 0 aliphatic carbocycles. The highest BCUT2D eigenvalue weighted by atomic mass is 16.5. The largest absolute Gasteiger partial charge is 0.497 e. The number of carbonyl (C=O) groups excluding carboxylic acids is 1. The first-order valence-corrected chi connectivity index (χ1v) is 7.36. The van der Waals surface area contributed by atoms with Crippen LogP contribution in [0.3, 0.4) is 0 Å². The molecule has 0 saturated heterocycles. The Labute approximate surface area is 124 Å². The van der Waals surface area contributed by atoms with Crippen molar-refractivity contribution in [2.75, 3.05) is 7.11 Å². The Morgan fingerprint density at radius 1 is 1.10 bits per heavy atom. The number of hydrogen-bond donors (Lipinski definition) is 0. The van der Waals surface area contributed by atoms with Crippen LogP contribution in [-0.2, 0) is 0 Å². The number of para-hydroxylation sites is 1. The molecule has 21 heavy (non-hydrogen) atoms. The minimum atomic E-state index is 0.160. The molecule has 0 atom stereocenters. The molecule has 0 aliphatic heterocycles. The van der Waals surface area contributed by atoms with Crippen LogP contribution in [0.4, 0.5) is 0 Å². The van der Waals surface area contributed by atoms with E-state index < -0.39 is 0 Å². The van der Waals surface area contributed by atoms with Gasteiger partial charge in [-0.3, -0.25) is 9.36 Å². The van der Waals surface area contributed by atoms with Gasteiger partial charge in [-0.25, -0.2) is 0 Å². The lowest BCUT2D eigenvalue weighted by molar-refractivity contribution is 0.0910. The molecule has 1 heterocycles. The fourth-order valence-electron chi connectivity index (χ4n) is 2.79. The van der Waals surface area contributed by atoms with Crippen LogP contribution in [0.25, 0.3) is 21.8 Å². The molecule has 0 fully saturated rings. The Balaban J connectivity index is 2.27. The number of hydrogen-bond acceptors (Lipinski definition) is 2. The maximum Gasteiger partial charge on any atom is 0.231 e. The summed E-state index contributed by atoms with van der Waals surface area (Å²) in [7, 11) is 1.66. The van der Waals surface area contributed by atoms with E-state index >= 15 is 0 Å². The van der Waals surface area contributed by atoms with E-state index in [1.165, 1.54) is 0 Å². The minimum Gasteiger partial charge on any atom is -0.497 e. The van der Waals surface area contributed by atoms with Crippen molar-refractivity contribution in [2.45, 2.75) is 26.2 Å². The number of carbonyl (C=O) groups is 1. The van der Waals surface area contributed by atoms with Gasteiger partial charge in [-0.15, -0.1) is 0 Å². The Bertz CT molecular complexity index is 801. The van der Waals surface area contributed by atoms with Gasteiger partial charge in [-0.2, -0.15) is 0 Å².